The number of nitrogens with zero attached hydrogens (tertiary/aromatic N) is 2. The van der Waals surface area contributed by atoms with Crippen molar-refractivity contribution in [2.24, 2.45) is 0 Å². The molecule has 0 bridgehead atoms. The fourth-order valence-electron chi connectivity index (χ4n) is 2.96. The summed E-state index contributed by atoms with van der Waals surface area (Å²) in [5.74, 6) is 0. The Morgan fingerprint density at radius 3 is 1.33 bits per heavy atom. The highest BCUT2D eigenvalue weighted by Gasteiger charge is 2.18. The van der Waals surface area contributed by atoms with E-state index in [1.807, 2.05) is 24.3 Å². The zero-order valence-corrected chi connectivity index (χ0v) is 19.6. The highest BCUT2D eigenvalue weighted by Crippen LogP contribution is 2.24. The van der Waals surface area contributed by atoms with Crippen LogP contribution in [0, 0.1) is 0 Å². The van der Waals surface area contributed by atoms with Crippen molar-refractivity contribution in [2.75, 3.05) is 10.6 Å². The Morgan fingerprint density at radius 2 is 1.00 bits per heavy atom. The van der Waals surface area contributed by atoms with Gasteiger partial charge >= 0.3 is 0 Å². The van der Waals surface area contributed by atoms with E-state index in [4.69, 9.17) is 24.4 Å². The van der Waals surface area contributed by atoms with Gasteiger partial charge in [0.1, 0.15) is 9.98 Å². The van der Waals surface area contributed by atoms with Gasteiger partial charge in [-0.25, -0.2) is 8.42 Å². The van der Waals surface area contributed by atoms with Crippen LogP contribution in [0.2, 0.25) is 0 Å². The van der Waals surface area contributed by atoms with E-state index in [-0.39, 0.29) is 9.79 Å². The van der Waals surface area contributed by atoms with Crippen molar-refractivity contribution in [1.82, 2.24) is 9.97 Å². The predicted octanol–water partition coefficient (Wildman–Crippen LogP) is 4.88. The first-order valence-electron chi connectivity index (χ1n) is 9.83. The molecule has 2 N–H and O–H groups in total. The summed E-state index contributed by atoms with van der Waals surface area (Å²) in [5, 5.41) is 6.13. The lowest BCUT2D eigenvalue weighted by molar-refractivity contribution is 0.596. The molecule has 0 saturated heterocycles. The minimum Gasteiger partial charge on any atom is -0.345 e. The number of hydrogen-bond acceptors (Lipinski definition) is 6. The molecule has 164 valence electrons. The maximum Gasteiger partial charge on any atom is 0.206 e. The molecule has 0 aliphatic carbocycles. The zero-order chi connectivity index (χ0) is 23.3. The molecule has 6 nitrogen and oxygen atoms in total. The number of nitrogens with one attached hydrogen (secondary N) is 2. The summed E-state index contributed by atoms with van der Waals surface area (Å²) < 4.78 is 26.1. The largest absolute Gasteiger partial charge is 0.345 e. The summed E-state index contributed by atoms with van der Waals surface area (Å²) in [6, 6.07) is 23.8. The quantitative estimate of drug-likeness (QED) is 0.370. The topological polar surface area (TPSA) is 84.0 Å². The molecular weight excluding hydrogens is 472 g/mol. The number of sulfone groups is 1. The maximum atomic E-state index is 13.0. The summed E-state index contributed by atoms with van der Waals surface area (Å²) in [6.45, 7) is 0. The Kier molecular flexibility index (Phi) is 6.83. The Labute approximate surface area is 202 Å². The molecule has 4 rings (SSSR count). The van der Waals surface area contributed by atoms with Crippen LogP contribution in [-0.4, -0.2) is 28.4 Å². The van der Waals surface area contributed by atoms with Gasteiger partial charge in [-0.1, -0.05) is 36.6 Å². The molecule has 0 spiro atoms. The third kappa shape index (κ3) is 5.46. The van der Waals surface area contributed by atoms with Crippen LogP contribution >= 0.6 is 24.4 Å². The number of anilines is 2. The molecule has 0 saturated carbocycles. The zero-order valence-electron chi connectivity index (χ0n) is 17.2. The van der Waals surface area contributed by atoms with Crippen LogP contribution in [0.15, 0.2) is 107 Å². The highest BCUT2D eigenvalue weighted by molar-refractivity contribution is 7.91. The molecule has 2 aromatic carbocycles. The molecule has 0 amide bonds. The third-order valence-electron chi connectivity index (χ3n) is 4.64. The number of hydrogen-bond donors (Lipinski definition) is 2. The van der Waals surface area contributed by atoms with Crippen LogP contribution in [0.5, 0.6) is 0 Å². The SMILES string of the molecule is O=S(=O)(c1ccc(NC(=S)c2ccccn2)cc1)c1ccc(NC(=S)c2ccccn2)cc1. The van der Waals surface area contributed by atoms with Gasteiger partial charge in [0.05, 0.1) is 21.2 Å². The molecule has 0 atom stereocenters. The Bertz CT molecular complexity index is 1270. The molecule has 0 fully saturated rings. The van der Waals surface area contributed by atoms with E-state index in [0.717, 1.165) is 0 Å². The molecule has 2 aromatic heterocycles. The molecule has 2 heterocycles. The number of aromatic nitrogens is 2. The van der Waals surface area contributed by atoms with E-state index < -0.39 is 9.84 Å². The summed E-state index contributed by atoms with van der Waals surface area (Å²) >= 11 is 10.7. The van der Waals surface area contributed by atoms with Gasteiger partial charge in [-0.2, -0.15) is 0 Å². The smallest absolute Gasteiger partial charge is 0.206 e. The van der Waals surface area contributed by atoms with Crippen molar-refractivity contribution in [3.63, 3.8) is 0 Å². The molecule has 0 aliphatic heterocycles. The van der Waals surface area contributed by atoms with E-state index >= 15 is 0 Å². The monoisotopic (exact) mass is 490 g/mol. The van der Waals surface area contributed by atoms with E-state index in [1.54, 1.807) is 73.1 Å². The maximum absolute atomic E-state index is 13.0. The van der Waals surface area contributed by atoms with Crippen molar-refractivity contribution in [1.29, 1.82) is 0 Å². The van der Waals surface area contributed by atoms with Gasteiger partial charge in [0.2, 0.25) is 9.84 Å². The van der Waals surface area contributed by atoms with Gasteiger partial charge in [0.25, 0.3) is 0 Å². The first-order chi connectivity index (χ1) is 15.9. The molecule has 0 radical (unpaired) electrons. The minimum atomic E-state index is -3.68. The second-order valence-electron chi connectivity index (χ2n) is 6.89. The van der Waals surface area contributed by atoms with Crippen molar-refractivity contribution >= 4 is 55.6 Å². The predicted molar refractivity (Wildman–Crippen MR) is 137 cm³/mol. The van der Waals surface area contributed by atoms with Gasteiger partial charge in [-0.3, -0.25) is 9.97 Å². The number of thiocarbonyl (C=S) groups is 2. The Morgan fingerprint density at radius 1 is 0.606 bits per heavy atom. The number of pyridine rings is 2. The first kappa shape index (κ1) is 22.7. The molecule has 9 heteroatoms. The van der Waals surface area contributed by atoms with Gasteiger partial charge in [0.15, 0.2) is 0 Å². The van der Waals surface area contributed by atoms with Crippen molar-refractivity contribution in [3.8, 4) is 0 Å². The molecular formula is C24H18N4O2S3. The number of rotatable bonds is 6. The van der Waals surface area contributed by atoms with Gasteiger partial charge < -0.3 is 10.6 Å². The van der Waals surface area contributed by atoms with Gasteiger partial charge in [0, 0.05) is 23.8 Å². The van der Waals surface area contributed by atoms with E-state index in [0.29, 0.717) is 32.7 Å². The Hall–Kier alpha value is -3.53. The van der Waals surface area contributed by atoms with Gasteiger partial charge in [-0.15, -0.1) is 0 Å². The lowest BCUT2D eigenvalue weighted by atomic mass is 10.3. The minimum absolute atomic E-state index is 0.182. The van der Waals surface area contributed by atoms with E-state index in [9.17, 15) is 8.42 Å². The van der Waals surface area contributed by atoms with Crippen molar-refractivity contribution in [2.45, 2.75) is 9.79 Å². The lowest BCUT2D eigenvalue weighted by Gasteiger charge is -2.10. The second kappa shape index (κ2) is 9.95. The average Bonchev–Trinajstić information content (AvgIpc) is 2.86. The van der Waals surface area contributed by atoms with Crippen LogP contribution in [0.3, 0.4) is 0 Å². The van der Waals surface area contributed by atoms with Crippen LogP contribution < -0.4 is 10.6 Å². The lowest BCUT2D eigenvalue weighted by Crippen LogP contribution is -2.12. The average molecular weight is 491 g/mol. The second-order valence-corrected chi connectivity index (χ2v) is 9.66. The third-order valence-corrected chi connectivity index (χ3v) is 7.05. The first-order valence-corrected chi connectivity index (χ1v) is 12.1. The van der Waals surface area contributed by atoms with Crippen LogP contribution in [-0.2, 0) is 9.84 Å². The van der Waals surface area contributed by atoms with Crippen LogP contribution in [0.4, 0.5) is 11.4 Å². The fraction of sp³-hybridized carbons (Fsp3) is 0. The van der Waals surface area contributed by atoms with Gasteiger partial charge in [-0.05, 0) is 72.8 Å². The van der Waals surface area contributed by atoms with Crippen LogP contribution in [0.25, 0.3) is 0 Å². The van der Waals surface area contributed by atoms with E-state index in [1.165, 1.54) is 0 Å². The van der Waals surface area contributed by atoms with Crippen LogP contribution in [0.1, 0.15) is 11.4 Å². The summed E-state index contributed by atoms with van der Waals surface area (Å²) in [4.78, 5) is 9.67. The number of benzene rings is 2. The van der Waals surface area contributed by atoms with Crippen molar-refractivity contribution < 1.29 is 8.42 Å². The molecule has 4 aromatic rings. The molecule has 0 aliphatic rings. The highest BCUT2D eigenvalue weighted by atomic mass is 32.2. The fourth-order valence-corrected chi connectivity index (χ4v) is 4.69. The Balaban J connectivity index is 1.45. The summed E-state index contributed by atoms with van der Waals surface area (Å²) in [6.07, 6.45) is 3.32. The summed E-state index contributed by atoms with van der Waals surface area (Å²) in [5.41, 5.74) is 2.63. The standard InChI is InChI=1S/C24H18N4O2S3/c29-33(30,19-11-7-17(8-12-19)27-23(31)21-5-1-3-15-25-21)20-13-9-18(10-14-20)28-24(32)22-6-2-4-16-26-22/h1-16H,(H,27,31)(H,28,32). The normalized spacial score (nSPS) is 10.9. The van der Waals surface area contributed by atoms with Crippen molar-refractivity contribution in [3.05, 3.63) is 109 Å². The summed E-state index contributed by atoms with van der Waals surface area (Å²) in [7, 11) is -3.68. The molecule has 0 unspecified atom stereocenters. The molecule has 33 heavy (non-hydrogen) atoms. The van der Waals surface area contributed by atoms with E-state index in [2.05, 4.69) is 20.6 Å².